The van der Waals surface area contributed by atoms with Gasteiger partial charge in [-0.3, -0.25) is 4.79 Å². The van der Waals surface area contributed by atoms with E-state index in [9.17, 15) is 4.79 Å². The summed E-state index contributed by atoms with van der Waals surface area (Å²) in [6, 6.07) is 18.5. The summed E-state index contributed by atoms with van der Waals surface area (Å²) >= 11 is 0. The monoisotopic (exact) mass is 448 g/mol. The van der Waals surface area contributed by atoms with Crippen molar-refractivity contribution in [2.45, 2.75) is 51.4 Å². The van der Waals surface area contributed by atoms with Crippen molar-refractivity contribution < 1.29 is 19.0 Å². The Morgan fingerprint density at radius 1 is 1.15 bits per heavy atom. The molecular formula is C27H29FN2O3. The Balaban J connectivity index is 1.63. The Kier molecular flexibility index (Phi) is 7.06. The first-order chi connectivity index (χ1) is 15.9. The summed E-state index contributed by atoms with van der Waals surface area (Å²) < 4.78 is 21.2. The number of hydrogen-bond donors (Lipinski definition) is 3. The van der Waals surface area contributed by atoms with Gasteiger partial charge >= 0.3 is 5.97 Å². The Morgan fingerprint density at radius 2 is 1.91 bits per heavy atom. The maximum Gasteiger partial charge on any atom is 0.307 e. The first-order valence-corrected chi connectivity index (χ1v) is 11.2. The van der Waals surface area contributed by atoms with Crippen LogP contribution in [0.1, 0.15) is 48.1 Å². The molecule has 1 saturated carbocycles. The molecule has 1 unspecified atom stereocenters. The molecular weight excluding hydrogens is 419 g/mol. The number of aliphatic carboxylic acids is 1. The van der Waals surface area contributed by atoms with E-state index in [-0.39, 0.29) is 18.8 Å². The number of rotatable bonds is 10. The van der Waals surface area contributed by atoms with Gasteiger partial charge in [-0.1, -0.05) is 42.5 Å². The van der Waals surface area contributed by atoms with Gasteiger partial charge in [0.25, 0.3) is 0 Å². The Morgan fingerprint density at radius 3 is 2.64 bits per heavy atom. The standard InChI is InChI=1S/C27H29FN2O3/c1-17(29)23-6-4-7-24(27(23)28)21-12-18(15-30-22-9-10-22)11-19(13-21)16-33-25-8-3-2-5-20(25)14-26(31)32/h2-8,11-13,17,22,30H,9-10,14-16,29H2,1H3,(H,31,32). The Hall–Kier alpha value is -3.22. The molecule has 0 aliphatic heterocycles. The average Bonchev–Trinajstić information content (AvgIpc) is 3.61. The van der Waals surface area contributed by atoms with Gasteiger partial charge in [0, 0.05) is 35.3 Å². The molecule has 33 heavy (non-hydrogen) atoms. The molecule has 1 aliphatic rings. The van der Waals surface area contributed by atoms with Crippen LogP contribution in [0.4, 0.5) is 4.39 Å². The predicted molar refractivity (Wildman–Crippen MR) is 126 cm³/mol. The van der Waals surface area contributed by atoms with Crippen molar-refractivity contribution in [3.8, 4) is 16.9 Å². The number of nitrogens with one attached hydrogen (secondary N) is 1. The van der Waals surface area contributed by atoms with Gasteiger partial charge in [-0.25, -0.2) is 4.39 Å². The maximum absolute atomic E-state index is 15.2. The van der Waals surface area contributed by atoms with E-state index < -0.39 is 12.0 Å². The lowest BCUT2D eigenvalue weighted by atomic mass is 9.96. The third kappa shape index (κ3) is 5.97. The van der Waals surface area contributed by atoms with E-state index in [1.54, 1.807) is 37.3 Å². The minimum atomic E-state index is -0.911. The van der Waals surface area contributed by atoms with E-state index >= 15 is 4.39 Å². The lowest BCUT2D eigenvalue weighted by molar-refractivity contribution is -0.136. The van der Waals surface area contributed by atoms with Crippen molar-refractivity contribution in [2.24, 2.45) is 5.73 Å². The topological polar surface area (TPSA) is 84.6 Å². The molecule has 1 atom stereocenters. The summed E-state index contributed by atoms with van der Waals surface area (Å²) in [6.07, 6.45) is 2.25. The van der Waals surface area contributed by atoms with Crippen molar-refractivity contribution in [3.63, 3.8) is 0 Å². The fourth-order valence-corrected chi connectivity index (χ4v) is 3.89. The van der Waals surface area contributed by atoms with Gasteiger partial charge in [0.2, 0.25) is 0 Å². The second-order valence-corrected chi connectivity index (χ2v) is 8.66. The molecule has 0 bridgehead atoms. The highest BCUT2D eigenvalue weighted by Gasteiger charge is 2.20. The number of carboxylic acids is 1. The van der Waals surface area contributed by atoms with Crippen LogP contribution in [0, 0.1) is 5.82 Å². The quantitative estimate of drug-likeness (QED) is 0.408. The van der Waals surface area contributed by atoms with Crippen LogP contribution in [0.2, 0.25) is 0 Å². The SMILES string of the molecule is CC(N)c1cccc(-c2cc(CNC3CC3)cc(COc3ccccc3CC(=O)O)c2)c1F. The molecule has 0 amide bonds. The molecule has 3 aromatic rings. The molecule has 0 radical (unpaired) electrons. The minimum absolute atomic E-state index is 0.109. The number of ether oxygens (including phenoxy) is 1. The number of benzene rings is 3. The predicted octanol–water partition coefficient (Wildman–Crippen LogP) is 4.97. The zero-order chi connectivity index (χ0) is 23.4. The molecule has 0 spiro atoms. The third-order valence-electron chi connectivity index (χ3n) is 5.76. The van der Waals surface area contributed by atoms with Gasteiger partial charge in [0.15, 0.2) is 0 Å². The molecule has 5 nitrogen and oxygen atoms in total. The van der Waals surface area contributed by atoms with Crippen LogP contribution in [0.15, 0.2) is 60.7 Å². The van der Waals surface area contributed by atoms with Crippen LogP contribution in [0.25, 0.3) is 11.1 Å². The van der Waals surface area contributed by atoms with Crippen molar-refractivity contribution in [3.05, 3.63) is 88.7 Å². The second-order valence-electron chi connectivity index (χ2n) is 8.66. The molecule has 4 rings (SSSR count). The lowest BCUT2D eigenvalue weighted by Gasteiger charge is -2.15. The molecule has 4 N–H and O–H groups in total. The number of nitrogens with two attached hydrogens (primary N) is 1. The van der Waals surface area contributed by atoms with E-state index in [0.29, 0.717) is 35.0 Å². The van der Waals surface area contributed by atoms with Crippen LogP contribution in [-0.2, 0) is 24.4 Å². The first kappa shape index (κ1) is 23.0. The summed E-state index contributed by atoms with van der Waals surface area (Å²) in [6.45, 7) is 2.71. The molecule has 3 aromatic carbocycles. The zero-order valence-electron chi connectivity index (χ0n) is 18.7. The number of carboxylic acid groups (broad SMARTS) is 1. The van der Waals surface area contributed by atoms with Crippen LogP contribution in [0.3, 0.4) is 0 Å². The van der Waals surface area contributed by atoms with Gasteiger partial charge in [-0.05, 0) is 54.7 Å². The van der Waals surface area contributed by atoms with Crippen molar-refractivity contribution >= 4 is 5.97 Å². The molecule has 0 heterocycles. The van der Waals surface area contributed by atoms with Crippen molar-refractivity contribution in [2.75, 3.05) is 0 Å². The summed E-state index contributed by atoms with van der Waals surface area (Å²) in [5.41, 5.74) is 10.3. The summed E-state index contributed by atoms with van der Waals surface area (Å²) in [5, 5.41) is 12.7. The lowest BCUT2D eigenvalue weighted by Crippen LogP contribution is -2.15. The number of hydrogen-bond acceptors (Lipinski definition) is 4. The molecule has 0 saturated heterocycles. The number of para-hydroxylation sites is 1. The van der Waals surface area contributed by atoms with Gasteiger partial charge in [0.05, 0.1) is 6.42 Å². The average molecular weight is 449 g/mol. The van der Waals surface area contributed by atoms with Gasteiger partial charge in [0.1, 0.15) is 18.2 Å². The van der Waals surface area contributed by atoms with E-state index in [0.717, 1.165) is 16.7 Å². The maximum atomic E-state index is 15.2. The summed E-state index contributed by atoms with van der Waals surface area (Å²) in [7, 11) is 0. The van der Waals surface area contributed by atoms with Crippen LogP contribution in [-0.4, -0.2) is 17.1 Å². The summed E-state index contributed by atoms with van der Waals surface area (Å²) in [5.74, 6) is -0.683. The van der Waals surface area contributed by atoms with E-state index in [4.69, 9.17) is 15.6 Å². The molecule has 6 heteroatoms. The van der Waals surface area contributed by atoms with Gasteiger partial charge < -0.3 is 20.9 Å². The number of carbonyl (C=O) groups is 1. The largest absolute Gasteiger partial charge is 0.489 e. The van der Waals surface area contributed by atoms with Crippen LogP contribution >= 0.6 is 0 Å². The molecule has 1 fully saturated rings. The molecule has 1 aliphatic carbocycles. The third-order valence-corrected chi connectivity index (χ3v) is 5.76. The van der Waals surface area contributed by atoms with E-state index in [1.165, 1.54) is 12.8 Å². The Labute approximate surface area is 193 Å². The molecule has 0 aromatic heterocycles. The van der Waals surface area contributed by atoms with E-state index in [2.05, 4.69) is 5.32 Å². The van der Waals surface area contributed by atoms with Crippen molar-refractivity contribution in [1.82, 2.24) is 5.32 Å². The van der Waals surface area contributed by atoms with Crippen molar-refractivity contribution in [1.29, 1.82) is 0 Å². The van der Waals surface area contributed by atoms with Crippen LogP contribution < -0.4 is 15.8 Å². The highest BCUT2D eigenvalue weighted by Crippen LogP contribution is 2.30. The zero-order valence-corrected chi connectivity index (χ0v) is 18.7. The fourth-order valence-electron chi connectivity index (χ4n) is 3.89. The number of halogens is 1. The smallest absolute Gasteiger partial charge is 0.307 e. The fraction of sp³-hybridized carbons (Fsp3) is 0.296. The van der Waals surface area contributed by atoms with Gasteiger partial charge in [-0.15, -0.1) is 0 Å². The first-order valence-electron chi connectivity index (χ1n) is 11.2. The Bertz CT molecular complexity index is 1140. The second kappa shape index (κ2) is 10.1. The highest BCUT2D eigenvalue weighted by atomic mass is 19.1. The normalized spacial score (nSPS) is 14.2. The highest BCUT2D eigenvalue weighted by molar-refractivity contribution is 5.71. The minimum Gasteiger partial charge on any atom is -0.489 e. The van der Waals surface area contributed by atoms with Crippen LogP contribution in [0.5, 0.6) is 5.75 Å². The molecule has 172 valence electrons. The van der Waals surface area contributed by atoms with Gasteiger partial charge in [-0.2, -0.15) is 0 Å². The van der Waals surface area contributed by atoms with E-state index in [1.807, 2.05) is 30.3 Å². The summed E-state index contributed by atoms with van der Waals surface area (Å²) in [4.78, 5) is 11.2.